The lowest BCUT2D eigenvalue weighted by atomic mass is 10.0. The maximum absolute atomic E-state index is 12.4. The van der Waals surface area contributed by atoms with E-state index in [4.69, 9.17) is 4.74 Å². The molecule has 0 heterocycles. The summed E-state index contributed by atoms with van der Waals surface area (Å²) in [4.78, 5) is 14.4. The third-order valence-corrected chi connectivity index (χ3v) is 3.79. The minimum Gasteiger partial charge on any atom is -0.496 e. The summed E-state index contributed by atoms with van der Waals surface area (Å²) in [6.07, 6.45) is 0.323. The van der Waals surface area contributed by atoms with E-state index in [1.807, 2.05) is 61.5 Å². The Bertz CT molecular complexity index is 636. The van der Waals surface area contributed by atoms with Crippen molar-refractivity contribution in [3.8, 4) is 5.75 Å². The molecule has 2 aromatic carbocycles. The summed E-state index contributed by atoms with van der Waals surface area (Å²) in [5, 5.41) is 0. The number of hydrogen-bond acceptors (Lipinski definition) is 3. The first kappa shape index (κ1) is 15.6. The van der Waals surface area contributed by atoms with Gasteiger partial charge in [-0.1, -0.05) is 15.9 Å². The minimum absolute atomic E-state index is 0.0803. The quantitative estimate of drug-likeness (QED) is 0.767. The van der Waals surface area contributed by atoms with E-state index in [9.17, 15) is 4.79 Å². The van der Waals surface area contributed by atoms with Crippen LogP contribution in [0.1, 0.15) is 15.9 Å². The molecule has 0 saturated heterocycles. The van der Waals surface area contributed by atoms with Gasteiger partial charge in [-0.05, 0) is 42.5 Å². The number of carbonyl (C=O) groups is 1. The van der Waals surface area contributed by atoms with Gasteiger partial charge in [-0.3, -0.25) is 4.79 Å². The third kappa shape index (κ3) is 3.85. The Balaban J connectivity index is 2.19. The fourth-order valence-electron chi connectivity index (χ4n) is 2.11. The monoisotopic (exact) mass is 347 g/mol. The molecule has 0 atom stereocenters. The van der Waals surface area contributed by atoms with Crippen LogP contribution in [0.2, 0.25) is 0 Å². The van der Waals surface area contributed by atoms with Crippen molar-refractivity contribution < 1.29 is 9.53 Å². The van der Waals surface area contributed by atoms with Crippen molar-refractivity contribution >= 4 is 27.4 Å². The van der Waals surface area contributed by atoms with Gasteiger partial charge in [0, 0.05) is 41.8 Å². The molecule has 0 aliphatic carbocycles. The molecule has 3 nitrogen and oxygen atoms in total. The molecule has 0 aromatic heterocycles. The zero-order valence-corrected chi connectivity index (χ0v) is 14.0. The Morgan fingerprint density at radius 1 is 1.14 bits per heavy atom. The number of ether oxygens (including phenoxy) is 1. The third-order valence-electron chi connectivity index (χ3n) is 3.30. The van der Waals surface area contributed by atoms with Gasteiger partial charge in [0.25, 0.3) is 0 Å². The van der Waals surface area contributed by atoms with Crippen LogP contribution in [0, 0.1) is 0 Å². The first-order valence-electron chi connectivity index (χ1n) is 6.64. The fraction of sp³-hybridized carbons (Fsp3) is 0.235. The van der Waals surface area contributed by atoms with Gasteiger partial charge in [0.2, 0.25) is 0 Å². The first-order valence-corrected chi connectivity index (χ1v) is 7.43. The van der Waals surface area contributed by atoms with Crippen molar-refractivity contribution in [3.63, 3.8) is 0 Å². The van der Waals surface area contributed by atoms with Crippen LogP contribution in [0.15, 0.2) is 46.9 Å². The second-order valence-electron chi connectivity index (χ2n) is 5.00. The van der Waals surface area contributed by atoms with Crippen LogP contribution in [0.3, 0.4) is 0 Å². The van der Waals surface area contributed by atoms with Crippen molar-refractivity contribution in [1.82, 2.24) is 0 Å². The highest BCUT2D eigenvalue weighted by Gasteiger charge is 2.11. The topological polar surface area (TPSA) is 29.5 Å². The summed E-state index contributed by atoms with van der Waals surface area (Å²) >= 11 is 3.42. The van der Waals surface area contributed by atoms with Crippen molar-refractivity contribution in [2.45, 2.75) is 6.42 Å². The van der Waals surface area contributed by atoms with Crippen LogP contribution in [0.4, 0.5) is 5.69 Å². The highest BCUT2D eigenvalue weighted by Crippen LogP contribution is 2.24. The smallest absolute Gasteiger partial charge is 0.167 e. The average molecular weight is 348 g/mol. The van der Waals surface area contributed by atoms with E-state index in [-0.39, 0.29) is 5.78 Å². The largest absolute Gasteiger partial charge is 0.496 e. The van der Waals surface area contributed by atoms with Crippen molar-refractivity contribution in [2.24, 2.45) is 0 Å². The van der Waals surface area contributed by atoms with Gasteiger partial charge in [0.05, 0.1) is 7.11 Å². The predicted octanol–water partition coefficient (Wildman–Crippen LogP) is 3.95. The first-order chi connectivity index (χ1) is 10.0. The number of nitrogens with zero attached hydrogens (tertiary/aromatic N) is 1. The van der Waals surface area contributed by atoms with Gasteiger partial charge >= 0.3 is 0 Å². The van der Waals surface area contributed by atoms with Crippen molar-refractivity contribution in [3.05, 3.63) is 58.1 Å². The zero-order valence-electron chi connectivity index (χ0n) is 12.4. The van der Waals surface area contributed by atoms with Gasteiger partial charge < -0.3 is 9.64 Å². The number of Topliss-reactive ketones (excluding diaryl/α,β-unsaturated/α-hetero) is 1. The van der Waals surface area contributed by atoms with E-state index in [1.54, 1.807) is 7.11 Å². The van der Waals surface area contributed by atoms with Gasteiger partial charge in [-0.2, -0.15) is 0 Å². The number of benzene rings is 2. The van der Waals surface area contributed by atoms with Gasteiger partial charge in [0.1, 0.15) is 5.75 Å². The summed E-state index contributed by atoms with van der Waals surface area (Å²) in [5.74, 6) is 0.813. The molecule has 2 aromatic rings. The van der Waals surface area contributed by atoms with Gasteiger partial charge in [-0.15, -0.1) is 0 Å². The molecule has 110 valence electrons. The number of halogens is 1. The van der Waals surface area contributed by atoms with Crippen LogP contribution >= 0.6 is 15.9 Å². The van der Waals surface area contributed by atoms with Gasteiger partial charge in [-0.25, -0.2) is 0 Å². The molecule has 0 amide bonds. The maximum Gasteiger partial charge on any atom is 0.167 e. The summed E-state index contributed by atoms with van der Waals surface area (Å²) in [6, 6.07) is 13.3. The second kappa shape index (κ2) is 6.76. The second-order valence-corrected chi connectivity index (χ2v) is 5.91. The van der Waals surface area contributed by atoms with E-state index in [0.717, 1.165) is 21.5 Å². The van der Waals surface area contributed by atoms with Crippen LogP contribution in [-0.2, 0) is 6.42 Å². The number of hydrogen-bond donors (Lipinski definition) is 0. The molecule has 21 heavy (non-hydrogen) atoms. The van der Waals surface area contributed by atoms with Crippen LogP contribution in [0.5, 0.6) is 5.75 Å². The summed E-state index contributed by atoms with van der Waals surface area (Å²) in [5.41, 5.74) is 2.67. The number of anilines is 1. The summed E-state index contributed by atoms with van der Waals surface area (Å²) in [7, 11) is 5.56. The Hall–Kier alpha value is -1.81. The van der Waals surface area contributed by atoms with Gasteiger partial charge in [0.15, 0.2) is 5.78 Å². The Morgan fingerprint density at radius 3 is 2.38 bits per heavy atom. The molecule has 2 rings (SSSR count). The van der Waals surface area contributed by atoms with E-state index in [0.29, 0.717) is 12.0 Å². The average Bonchev–Trinajstić information content (AvgIpc) is 2.47. The van der Waals surface area contributed by atoms with E-state index >= 15 is 0 Å². The molecule has 4 heteroatoms. The van der Waals surface area contributed by atoms with Crippen LogP contribution < -0.4 is 9.64 Å². The molecule has 0 N–H and O–H groups in total. The number of ketones is 1. The lowest BCUT2D eigenvalue weighted by molar-refractivity contribution is 0.0992. The van der Waals surface area contributed by atoms with E-state index in [1.165, 1.54) is 0 Å². The predicted molar refractivity (Wildman–Crippen MR) is 89.5 cm³/mol. The number of methoxy groups -OCH3 is 1. The lowest BCUT2D eigenvalue weighted by Gasteiger charge is -2.13. The van der Waals surface area contributed by atoms with Crippen molar-refractivity contribution in [1.29, 1.82) is 0 Å². The Kier molecular flexibility index (Phi) is 5.02. The Labute approximate surface area is 133 Å². The molecule has 0 unspecified atom stereocenters. The number of carbonyl (C=O) groups excluding carboxylic acids is 1. The molecule has 0 aliphatic heterocycles. The maximum atomic E-state index is 12.4. The van der Waals surface area contributed by atoms with Crippen LogP contribution in [-0.4, -0.2) is 27.0 Å². The highest BCUT2D eigenvalue weighted by atomic mass is 79.9. The highest BCUT2D eigenvalue weighted by molar-refractivity contribution is 9.10. The fourth-order valence-corrected chi connectivity index (χ4v) is 2.51. The molecule has 0 spiro atoms. The molecule has 0 radical (unpaired) electrons. The normalized spacial score (nSPS) is 10.3. The van der Waals surface area contributed by atoms with Crippen molar-refractivity contribution in [2.75, 3.05) is 26.1 Å². The molecule has 0 saturated carbocycles. The number of rotatable bonds is 5. The SMILES string of the molecule is COc1ccc(Br)cc1CC(=O)c1ccc(N(C)C)cc1. The minimum atomic E-state index is 0.0803. The molecular weight excluding hydrogens is 330 g/mol. The Morgan fingerprint density at radius 2 is 1.81 bits per heavy atom. The summed E-state index contributed by atoms with van der Waals surface area (Å²) < 4.78 is 6.25. The zero-order chi connectivity index (χ0) is 15.4. The van der Waals surface area contributed by atoms with E-state index in [2.05, 4.69) is 15.9 Å². The molecule has 0 bridgehead atoms. The summed E-state index contributed by atoms with van der Waals surface area (Å²) in [6.45, 7) is 0. The molecular formula is C17H18BrNO2. The lowest BCUT2D eigenvalue weighted by Crippen LogP contribution is -2.09. The van der Waals surface area contributed by atoms with E-state index < -0.39 is 0 Å². The standard InChI is InChI=1S/C17H18BrNO2/c1-19(2)15-7-4-12(5-8-15)16(20)11-13-10-14(18)6-9-17(13)21-3/h4-10H,11H2,1-3H3. The molecule has 0 aliphatic rings. The van der Waals surface area contributed by atoms with Crippen LogP contribution in [0.25, 0.3) is 0 Å². The molecule has 0 fully saturated rings.